The molecule has 0 amide bonds. The van der Waals surface area contributed by atoms with Crippen molar-refractivity contribution in [3.8, 4) is 11.5 Å². The van der Waals surface area contributed by atoms with Crippen LogP contribution in [0.3, 0.4) is 0 Å². The Morgan fingerprint density at radius 2 is 1.85 bits per heavy atom. The number of hydrogen-bond donors (Lipinski definition) is 1. The number of ether oxygens (including phenoxy) is 3. The molecular weight excluding hydrogens is 332 g/mol. The molecule has 0 aliphatic carbocycles. The second-order valence-electron chi connectivity index (χ2n) is 6.42. The summed E-state index contributed by atoms with van der Waals surface area (Å²) in [6, 6.07) is 13.4. The summed E-state index contributed by atoms with van der Waals surface area (Å²) in [6.07, 6.45) is -0.795. The fourth-order valence-corrected chi connectivity index (χ4v) is 2.62. The maximum absolute atomic E-state index is 11.4. The number of aliphatic carboxylic acids is 1. The quantitative estimate of drug-likeness (QED) is 0.734. The molecule has 1 unspecified atom stereocenters. The van der Waals surface area contributed by atoms with Gasteiger partial charge in [-0.2, -0.15) is 0 Å². The van der Waals surface area contributed by atoms with Crippen LogP contribution in [0, 0.1) is 6.92 Å². The Morgan fingerprint density at radius 3 is 2.46 bits per heavy atom. The lowest BCUT2D eigenvalue weighted by molar-refractivity contribution is -0.153. The van der Waals surface area contributed by atoms with Crippen LogP contribution >= 0.6 is 0 Å². The maximum atomic E-state index is 11.4. The molecule has 0 heterocycles. The van der Waals surface area contributed by atoms with Crippen LogP contribution in [-0.4, -0.2) is 30.4 Å². The van der Waals surface area contributed by atoms with Crippen LogP contribution in [0.25, 0.3) is 0 Å². The topological polar surface area (TPSA) is 65.0 Å². The second kappa shape index (κ2) is 9.25. The van der Waals surface area contributed by atoms with Crippen molar-refractivity contribution in [3.63, 3.8) is 0 Å². The fraction of sp³-hybridized carbons (Fsp3) is 0.381. The minimum absolute atomic E-state index is 0.161. The lowest BCUT2D eigenvalue weighted by Gasteiger charge is -2.18. The van der Waals surface area contributed by atoms with Crippen molar-refractivity contribution in [2.24, 2.45) is 0 Å². The molecule has 2 aromatic rings. The first-order valence-electron chi connectivity index (χ1n) is 8.63. The van der Waals surface area contributed by atoms with Crippen LogP contribution in [0.1, 0.15) is 30.5 Å². The number of methoxy groups -OCH3 is 1. The second-order valence-corrected chi connectivity index (χ2v) is 6.42. The van der Waals surface area contributed by atoms with Crippen molar-refractivity contribution in [3.05, 3.63) is 59.2 Å². The molecule has 26 heavy (non-hydrogen) atoms. The third-order valence-electron chi connectivity index (χ3n) is 4.01. The molecular formula is C21H26O5. The van der Waals surface area contributed by atoms with Gasteiger partial charge in [-0.1, -0.05) is 30.3 Å². The van der Waals surface area contributed by atoms with Crippen molar-refractivity contribution < 1.29 is 24.1 Å². The SMILES string of the molecule is COc1ccc(CC(OC(C)C)C(=O)O)cc1OCc1ccccc1C. The number of hydrogen-bond acceptors (Lipinski definition) is 4. The predicted octanol–water partition coefficient (Wildman–Crippen LogP) is 4.00. The van der Waals surface area contributed by atoms with E-state index in [1.54, 1.807) is 13.2 Å². The molecule has 5 nitrogen and oxygen atoms in total. The van der Waals surface area contributed by atoms with E-state index in [0.717, 1.165) is 16.7 Å². The normalized spacial score (nSPS) is 12.0. The Morgan fingerprint density at radius 1 is 1.12 bits per heavy atom. The highest BCUT2D eigenvalue weighted by Gasteiger charge is 2.21. The monoisotopic (exact) mass is 358 g/mol. The average molecular weight is 358 g/mol. The Labute approximate surface area is 154 Å². The Hall–Kier alpha value is -2.53. The minimum Gasteiger partial charge on any atom is -0.493 e. The highest BCUT2D eigenvalue weighted by atomic mass is 16.5. The van der Waals surface area contributed by atoms with Gasteiger partial charge < -0.3 is 19.3 Å². The van der Waals surface area contributed by atoms with Crippen molar-refractivity contribution in [2.45, 2.75) is 46.0 Å². The summed E-state index contributed by atoms with van der Waals surface area (Å²) in [5, 5.41) is 9.36. The van der Waals surface area contributed by atoms with Crippen LogP contribution in [0.5, 0.6) is 11.5 Å². The molecule has 0 saturated carbocycles. The van der Waals surface area contributed by atoms with E-state index in [1.807, 2.05) is 57.2 Å². The van der Waals surface area contributed by atoms with E-state index in [9.17, 15) is 9.90 Å². The lowest BCUT2D eigenvalue weighted by Crippen LogP contribution is -2.29. The van der Waals surface area contributed by atoms with Gasteiger partial charge in [0.2, 0.25) is 0 Å². The summed E-state index contributed by atoms with van der Waals surface area (Å²) in [5.41, 5.74) is 3.06. The van der Waals surface area contributed by atoms with Gasteiger partial charge in [-0.25, -0.2) is 4.79 Å². The number of benzene rings is 2. The number of aryl methyl sites for hydroxylation is 1. The predicted molar refractivity (Wildman–Crippen MR) is 99.9 cm³/mol. The van der Waals surface area contributed by atoms with Gasteiger partial charge in [-0.3, -0.25) is 0 Å². The van der Waals surface area contributed by atoms with E-state index in [4.69, 9.17) is 14.2 Å². The van der Waals surface area contributed by atoms with Crippen LogP contribution in [-0.2, 0) is 22.6 Å². The highest BCUT2D eigenvalue weighted by Crippen LogP contribution is 2.30. The van der Waals surface area contributed by atoms with Gasteiger partial charge in [-0.15, -0.1) is 0 Å². The van der Waals surface area contributed by atoms with E-state index in [-0.39, 0.29) is 12.5 Å². The maximum Gasteiger partial charge on any atom is 0.333 e. The van der Waals surface area contributed by atoms with E-state index < -0.39 is 12.1 Å². The number of carboxylic acid groups (broad SMARTS) is 1. The summed E-state index contributed by atoms with van der Waals surface area (Å²) in [6.45, 7) is 6.09. The molecule has 0 aliphatic heterocycles. The van der Waals surface area contributed by atoms with Gasteiger partial charge >= 0.3 is 5.97 Å². The third-order valence-corrected chi connectivity index (χ3v) is 4.01. The van der Waals surface area contributed by atoms with Crippen LogP contribution in [0.2, 0.25) is 0 Å². The van der Waals surface area contributed by atoms with Crippen LogP contribution in [0.15, 0.2) is 42.5 Å². The molecule has 0 fully saturated rings. The summed E-state index contributed by atoms with van der Waals surface area (Å²) in [4.78, 5) is 11.4. The zero-order valence-corrected chi connectivity index (χ0v) is 15.7. The smallest absolute Gasteiger partial charge is 0.333 e. The molecule has 1 N–H and O–H groups in total. The van der Waals surface area contributed by atoms with E-state index in [2.05, 4.69) is 0 Å². The molecule has 1 atom stereocenters. The Bertz CT molecular complexity index is 739. The van der Waals surface area contributed by atoms with Crippen LogP contribution in [0.4, 0.5) is 0 Å². The number of carboxylic acids is 1. The number of carbonyl (C=O) groups is 1. The molecule has 0 aliphatic rings. The van der Waals surface area contributed by atoms with Gasteiger partial charge in [0.1, 0.15) is 6.61 Å². The van der Waals surface area contributed by atoms with Crippen LogP contribution < -0.4 is 9.47 Å². The lowest BCUT2D eigenvalue weighted by atomic mass is 10.1. The van der Waals surface area contributed by atoms with Gasteiger partial charge in [0, 0.05) is 6.42 Å². The third kappa shape index (κ3) is 5.49. The van der Waals surface area contributed by atoms with E-state index >= 15 is 0 Å². The average Bonchev–Trinajstić information content (AvgIpc) is 2.60. The minimum atomic E-state index is -0.975. The zero-order valence-electron chi connectivity index (χ0n) is 15.7. The molecule has 2 rings (SSSR count). The Balaban J connectivity index is 2.16. The molecule has 5 heteroatoms. The van der Waals surface area contributed by atoms with Crippen molar-refractivity contribution in [1.82, 2.24) is 0 Å². The zero-order chi connectivity index (χ0) is 19.1. The van der Waals surface area contributed by atoms with Crippen molar-refractivity contribution in [1.29, 1.82) is 0 Å². The number of rotatable bonds is 9. The molecule has 2 aromatic carbocycles. The highest BCUT2D eigenvalue weighted by molar-refractivity contribution is 5.72. The first kappa shape index (κ1) is 19.8. The Kier molecular flexibility index (Phi) is 7.04. The van der Waals surface area contributed by atoms with Crippen molar-refractivity contribution >= 4 is 5.97 Å². The molecule has 0 spiro atoms. The standard InChI is InChI=1S/C21H26O5/c1-14(2)26-20(21(22)23)12-16-9-10-18(24-4)19(11-16)25-13-17-8-6-5-7-15(17)3/h5-11,14,20H,12-13H2,1-4H3,(H,22,23). The fourth-order valence-electron chi connectivity index (χ4n) is 2.62. The van der Waals surface area contributed by atoms with Gasteiger partial charge in [0.15, 0.2) is 17.6 Å². The van der Waals surface area contributed by atoms with E-state index in [0.29, 0.717) is 18.1 Å². The summed E-state index contributed by atoms with van der Waals surface area (Å²) >= 11 is 0. The summed E-state index contributed by atoms with van der Waals surface area (Å²) in [5.74, 6) is 0.220. The first-order valence-corrected chi connectivity index (χ1v) is 8.63. The van der Waals surface area contributed by atoms with Gasteiger partial charge in [-0.05, 0) is 49.6 Å². The van der Waals surface area contributed by atoms with Gasteiger partial charge in [0.05, 0.1) is 13.2 Å². The molecule has 0 aromatic heterocycles. The van der Waals surface area contributed by atoms with Gasteiger partial charge in [0.25, 0.3) is 0 Å². The molecule has 0 bridgehead atoms. The van der Waals surface area contributed by atoms with Crippen molar-refractivity contribution in [2.75, 3.05) is 7.11 Å². The first-order chi connectivity index (χ1) is 12.4. The summed E-state index contributed by atoms with van der Waals surface area (Å²) in [7, 11) is 1.58. The summed E-state index contributed by atoms with van der Waals surface area (Å²) < 4.78 is 16.8. The van der Waals surface area contributed by atoms with E-state index in [1.165, 1.54) is 0 Å². The molecule has 0 saturated heterocycles. The molecule has 0 radical (unpaired) electrons. The largest absolute Gasteiger partial charge is 0.493 e. The molecule has 140 valence electrons.